The first-order chi connectivity index (χ1) is 9.95. The van der Waals surface area contributed by atoms with E-state index in [4.69, 9.17) is 34.0 Å². The Bertz CT molecular complexity index is 751. The lowest BCUT2D eigenvalue weighted by molar-refractivity contribution is 0.145. The molecule has 0 bridgehead atoms. The first kappa shape index (κ1) is 13.9. The molecule has 2 heterocycles. The summed E-state index contributed by atoms with van der Waals surface area (Å²) in [5, 5.41) is 10.0. The summed E-state index contributed by atoms with van der Waals surface area (Å²) in [6, 6.07) is 5.03. The molecule has 0 unspecified atom stereocenters. The van der Waals surface area contributed by atoms with Crippen LogP contribution in [-0.2, 0) is 13.1 Å². The van der Waals surface area contributed by atoms with Crippen LogP contribution in [0.15, 0.2) is 18.2 Å². The number of amides is 1. The predicted molar refractivity (Wildman–Crippen MR) is 79.2 cm³/mol. The van der Waals surface area contributed by atoms with Gasteiger partial charge in [0, 0.05) is 16.1 Å². The van der Waals surface area contributed by atoms with Crippen molar-refractivity contribution in [3.63, 3.8) is 0 Å². The topological polar surface area (TPSA) is 92.3 Å². The van der Waals surface area contributed by atoms with E-state index in [9.17, 15) is 4.79 Å². The molecule has 2 aromatic rings. The van der Waals surface area contributed by atoms with Crippen LogP contribution < -0.4 is 5.73 Å². The van der Waals surface area contributed by atoms with E-state index < -0.39 is 6.09 Å². The van der Waals surface area contributed by atoms with Crippen LogP contribution in [0.1, 0.15) is 11.3 Å². The second-order valence-electron chi connectivity index (χ2n) is 4.62. The number of rotatable bonds is 1. The normalized spacial score (nSPS) is 13.3. The van der Waals surface area contributed by atoms with E-state index >= 15 is 0 Å². The van der Waals surface area contributed by atoms with Crippen molar-refractivity contribution in [2.45, 2.75) is 13.1 Å². The van der Waals surface area contributed by atoms with Gasteiger partial charge in [0.15, 0.2) is 0 Å². The lowest BCUT2D eigenvalue weighted by Gasteiger charge is -2.10. The van der Waals surface area contributed by atoms with Gasteiger partial charge in [-0.05, 0) is 18.2 Å². The zero-order valence-electron chi connectivity index (χ0n) is 10.7. The smallest absolute Gasteiger partial charge is 0.407 e. The zero-order chi connectivity index (χ0) is 15.1. The molecular formula is C13H10Cl2N4O2. The number of nitrogens with two attached hydrogens (primary N) is 1. The van der Waals surface area contributed by atoms with E-state index in [-0.39, 0.29) is 19.0 Å². The number of nitrogens with zero attached hydrogens (tertiary/aromatic N) is 3. The summed E-state index contributed by atoms with van der Waals surface area (Å²) in [6.45, 7) is 0.398. The van der Waals surface area contributed by atoms with Crippen molar-refractivity contribution in [1.29, 1.82) is 0 Å². The average Bonchev–Trinajstić information content (AvgIpc) is 2.82. The highest BCUT2D eigenvalue weighted by Gasteiger charge is 2.28. The molecule has 6 nitrogen and oxygen atoms in total. The van der Waals surface area contributed by atoms with Crippen LogP contribution in [0.3, 0.4) is 0 Å². The Morgan fingerprint density at radius 3 is 2.71 bits per heavy atom. The van der Waals surface area contributed by atoms with Gasteiger partial charge >= 0.3 is 6.09 Å². The Labute approximate surface area is 130 Å². The van der Waals surface area contributed by atoms with Gasteiger partial charge in [-0.1, -0.05) is 23.2 Å². The number of benzene rings is 1. The minimum atomic E-state index is -1.01. The molecule has 0 saturated carbocycles. The number of fused-ring (bicyclic) bond motifs is 1. The standard InChI is InChI=1S/C13H10Cl2N4O2/c14-6-1-2-7(9(15)3-6)11-8-4-19(13(20)21)5-10(8)17-12(16)18-11/h1-3H,4-5H2,(H,20,21)(H2,16,17,18). The highest BCUT2D eigenvalue weighted by Crippen LogP contribution is 2.35. The number of hydrogen-bond acceptors (Lipinski definition) is 4. The lowest BCUT2D eigenvalue weighted by atomic mass is 10.1. The Hall–Kier alpha value is -2.05. The highest BCUT2D eigenvalue weighted by molar-refractivity contribution is 6.36. The zero-order valence-corrected chi connectivity index (χ0v) is 12.2. The summed E-state index contributed by atoms with van der Waals surface area (Å²) in [6.07, 6.45) is -1.01. The second-order valence-corrected chi connectivity index (χ2v) is 5.46. The Kier molecular flexibility index (Phi) is 3.35. The number of carboxylic acid groups (broad SMARTS) is 1. The number of aromatic nitrogens is 2. The van der Waals surface area contributed by atoms with Crippen LogP contribution in [0.5, 0.6) is 0 Å². The average molecular weight is 325 g/mol. The molecule has 8 heteroatoms. The Morgan fingerprint density at radius 1 is 1.29 bits per heavy atom. The fourth-order valence-electron chi connectivity index (χ4n) is 2.31. The Balaban J connectivity index is 2.15. The summed E-state index contributed by atoms with van der Waals surface area (Å²) < 4.78 is 0. The number of carbonyl (C=O) groups is 1. The van der Waals surface area contributed by atoms with Crippen LogP contribution in [0.25, 0.3) is 11.3 Å². The quantitative estimate of drug-likeness (QED) is 0.841. The lowest BCUT2D eigenvalue weighted by Crippen LogP contribution is -2.22. The summed E-state index contributed by atoms with van der Waals surface area (Å²) >= 11 is 12.1. The van der Waals surface area contributed by atoms with Crippen molar-refractivity contribution >= 4 is 35.2 Å². The fourth-order valence-corrected chi connectivity index (χ4v) is 2.81. The molecule has 0 fully saturated rings. The minimum Gasteiger partial charge on any atom is -0.465 e. The SMILES string of the molecule is Nc1nc2c(c(-c3ccc(Cl)cc3Cl)n1)CN(C(=O)O)C2. The largest absolute Gasteiger partial charge is 0.465 e. The summed E-state index contributed by atoms with van der Waals surface area (Å²) in [4.78, 5) is 20.7. The third kappa shape index (κ3) is 2.48. The van der Waals surface area contributed by atoms with E-state index in [0.29, 0.717) is 27.0 Å². The number of anilines is 1. The van der Waals surface area contributed by atoms with E-state index in [2.05, 4.69) is 9.97 Å². The number of hydrogen-bond donors (Lipinski definition) is 2. The second kappa shape index (κ2) is 5.05. The van der Waals surface area contributed by atoms with Crippen molar-refractivity contribution in [3.05, 3.63) is 39.5 Å². The predicted octanol–water partition coefficient (Wildman–Crippen LogP) is 3.03. The van der Waals surface area contributed by atoms with Crippen LogP contribution in [0.4, 0.5) is 10.7 Å². The summed E-state index contributed by atoms with van der Waals surface area (Å²) in [5.74, 6) is 0.0852. The molecule has 0 aliphatic carbocycles. The van der Waals surface area contributed by atoms with Crippen LogP contribution in [0.2, 0.25) is 10.0 Å². The van der Waals surface area contributed by atoms with Gasteiger partial charge in [-0.15, -0.1) is 0 Å². The molecule has 3 rings (SSSR count). The van der Waals surface area contributed by atoms with Crippen molar-refractivity contribution < 1.29 is 9.90 Å². The molecule has 1 amide bonds. The van der Waals surface area contributed by atoms with Crippen molar-refractivity contribution in [2.24, 2.45) is 0 Å². The summed E-state index contributed by atoms with van der Waals surface area (Å²) in [7, 11) is 0. The first-order valence-electron chi connectivity index (χ1n) is 6.04. The van der Waals surface area contributed by atoms with Gasteiger partial charge in [-0.2, -0.15) is 0 Å². The molecule has 0 atom stereocenters. The van der Waals surface area contributed by atoms with Gasteiger partial charge in [0.05, 0.1) is 29.5 Å². The summed E-state index contributed by atoms with van der Waals surface area (Å²) in [5.41, 5.74) is 8.23. The molecule has 108 valence electrons. The third-order valence-corrected chi connectivity index (χ3v) is 3.80. The molecule has 0 spiro atoms. The van der Waals surface area contributed by atoms with E-state index in [0.717, 1.165) is 5.56 Å². The molecule has 0 saturated heterocycles. The van der Waals surface area contributed by atoms with E-state index in [1.54, 1.807) is 18.2 Å². The maximum Gasteiger partial charge on any atom is 0.407 e. The van der Waals surface area contributed by atoms with Gasteiger partial charge in [0.1, 0.15) is 0 Å². The monoisotopic (exact) mass is 324 g/mol. The van der Waals surface area contributed by atoms with Gasteiger partial charge < -0.3 is 10.8 Å². The van der Waals surface area contributed by atoms with E-state index in [1.165, 1.54) is 4.90 Å². The molecule has 1 aliphatic heterocycles. The van der Waals surface area contributed by atoms with E-state index in [1.807, 2.05) is 0 Å². The Morgan fingerprint density at radius 2 is 2.05 bits per heavy atom. The number of halogens is 2. The highest BCUT2D eigenvalue weighted by atomic mass is 35.5. The first-order valence-corrected chi connectivity index (χ1v) is 6.80. The number of nitrogen functional groups attached to an aromatic ring is 1. The van der Waals surface area contributed by atoms with Crippen LogP contribution >= 0.6 is 23.2 Å². The van der Waals surface area contributed by atoms with Crippen LogP contribution in [0, 0.1) is 0 Å². The van der Waals surface area contributed by atoms with Crippen molar-refractivity contribution in [3.8, 4) is 11.3 Å². The van der Waals surface area contributed by atoms with Gasteiger partial charge in [0.25, 0.3) is 0 Å². The third-order valence-electron chi connectivity index (χ3n) is 3.26. The van der Waals surface area contributed by atoms with Gasteiger partial charge in [-0.3, -0.25) is 4.90 Å². The molecular weight excluding hydrogens is 315 g/mol. The van der Waals surface area contributed by atoms with Crippen molar-refractivity contribution in [2.75, 3.05) is 5.73 Å². The molecule has 1 aromatic heterocycles. The van der Waals surface area contributed by atoms with Crippen molar-refractivity contribution in [1.82, 2.24) is 14.9 Å². The maximum atomic E-state index is 11.1. The van der Waals surface area contributed by atoms with Gasteiger partial charge in [-0.25, -0.2) is 14.8 Å². The minimum absolute atomic E-state index is 0.0852. The molecule has 21 heavy (non-hydrogen) atoms. The van der Waals surface area contributed by atoms with Crippen LogP contribution in [-0.4, -0.2) is 26.1 Å². The molecule has 0 radical (unpaired) electrons. The maximum absolute atomic E-state index is 11.1. The van der Waals surface area contributed by atoms with Gasteiger partial charge in [0.2, 0.25) is 5.95 Å². The fraction of sp³-hybridized carbons (Fsp3) is 0.154. The molecule has 1 aromatic carbocycles. The molecule has 3 N–H and O–H groups in total. The molecule has 1 aliphatic rings.